The van der Waals surface area contributed by atoms with Crippen molar-refractivity contribution in [2.45, 2.75) is 45.1 Å². The summed E-state index contributed by atoms with van der Waals surface area (Å²) in [5.41, 5.74) is 1.04. The van der Waals surface area contributed by atoms with Gasteiger partial charge in [-0.25, -0.2) is 0 Å². The molecule has 1 heterocycles. The van der Waals surface area contributed by atoms with Gasteiger partial charge >= 0.3 is 0 Å². The number of amides is 1. The van der Waals surface area contributed by atoms with Crippen molar-refractivity contribution in [2.24, 2.45) is 30.2 Å². The van der Waals surface area contributed by atoms with Crippen LogP contribution in [0.2, 0.25) is 0 Å². The van der Waals surface area contributed by atoms with Gasteiger partial charge in [0.2, 0.25) is 5.91 Å². The maximum Gasteiger partial charge on any atom is 0.226 e. The summed E-state index contributed by atoms with van der Waals surface area (Å²) in [4.78, 5) is 12.8. The fraction of sp³-hybridized carbons (Fsp3) is 0.750. The second-order valence-electron chi connectivity index (χ2n) is 7.33. The van der Waals surface area contributed by atoms with E-state index >= 15 is 0 Å². The highest BCUT2D eigenvalue weighted by Gasteiger charge is 2.54. The van der Waals surface area contributed by atoms with Crippen LogP contribution in [0.3, 0.4) is 0 Å². The van der Waals surface area contributed by atoms with E-state index in [1.165, 1.54) is 19.3 Å². The van der Waals surface area contributed by atoms with Crippen LogP contribution in [-0.2, 0) is 18.4 Å². The largest absolute Gasteiger partial charge is 0.350 e. The molecule has 0 radical (unpaired) electrons. The lowest BCUT2D eigenvalue weighted by atomic mass is 9.49. The van der Waals surface area contributed by atoms with Crippen LogP contribution in [0.15, 0.2) is 12.3 Å². The molecule has 1 N–H and O–H groups in total. The molecule has 0 aromatic carbocycles. The predicted molar refractivity (Wildman–Crippen MR) is 75.7 cm³/mol. The Bertz CT molecular complexity index is 498. The first-order valence-corrected chi connectivity index (χ1v) is 7.90. The molecule has 4 aliphatic carbocycles. The summed E-state index contributed by atoms with van der Waals surface area (Å²) in [6.07, 6.45) is 9.34. The Morgan fingerprint density at radius 1 is 1.30 bits per heavy atom. The first-order valence-electron chi connectivity index (χ1n) is 7.90. The Hall–Kier alpha value is -1.32. The van der Waals surface area contributed by atoms with Crippen molar-refractivity contribution in [3.8, 4) is 0 Å². The SMILES string of the molecule is Cn1nccc1CNC(=O)C12CC3CC(CC(C3)C1)C2. The quantitative estimate of drug-likeness (QED) is 0.918. The van der Waals surface area contributed by atoms with Crippen LogP contribution in [-0.4, -0.2) is 15.7 Å². The van der Waals surface area contributed by atoms with Crippen molar-refractivity contribution in [1.29, 1.82) is 0 Å². The molecule has 1 aromatic heterocycles. The minimum atomic E-state index is -0.0344. The molecule has 0 spiro atoms. The van der Waals surface area contributed by atoms with Gasteiger partial charge in [0.05, 0.1) is 12.2 Å². The molecular weight excluding hydrogens is 250 g/mol. The zero-order valence-electron chi connectivity index (χ0n) is 12.1. The van der Waals surface area contributed by atoms with Crippen LogP contribution < -0.4 is 5.32 Å². The van der Waals surface area contributed by atoms with Gasteiger partial charge in [-0.2, -0.15) is 5.10 Å². The fourth-order valence-corrected chi connectivity index (χ4v) is 5.32. The number of rotatable bonds is 3. The molecule has 4 nitrogen and oxygen atoms in total. The summed E-state index contributed by atoms with van der Waals surface area (Å²) in [6, 6.07) is 1.97. The molecule has 1 aromatic rings. The minimum Gasteiger partial charge on any atom is -0.350 e. The van der Waals surface area contributed by atoms with Gasteiger partial charge in [-0.1, -0.05) is 0 Å². The summed E-state index contributed by atoms with van der Waals surface area (Å²) in [5.74, 6) is 2.77. The molecule has 4 aliphatic rings. The number of hydrogen-bond donors (Lipinski definition) is 1. The summed E-state index contributed by atoms with van der Waals surface area (Å²) >= 11 is 0. The number of aromatic nitrogens is 2. The Labute approximate surface area is 119 Å². The van der Waals surface area contributed by atoms with Crippen LogP contribution in [0, 0.1) is 23.2 Å². The second kappa shape index (κ2) is 4.34. The van der Waals surface area contributed by atoms with Crippen LogP contribution in [0.5, 0.6) is 0 Å². The van der Waals surface area contributed by atoms with E-state index in [9.17, 15) is 4.79 Å². The minimum absolute atomic E-state index is 0.0344. The first-order chi connectivity index (χ1) is 9.64. The zero-order valence-corrected chi connectivity index (χ0v) is 12.1. The molecule has 5 rings (SSSR count). The van der Waals surface area contributed by atoms with E-state index in [2.05, 4.69) is 10.4 Å². The number of carbonyl (C=O) groups excluding carboxylic acids is 1. The number of aryl methyl sites for hydroxylation is 1. The Balaban J connectivity index is 1.47. The van der Waals surface area contributed by atoms with Gasteiger partial charge in [-0.15, -0.1) is 0 Å². The maximum atomic E-state index is 12.8. The molecule has 20 heavy (non-hydrogen) atoms. The molecule has 0 saturated heterocycles. The summed E-state index contributed by atoms with van der Waals surface area (Å²) in [5, 5.41) is 7.34. The van der Waals surface area contributed by atoms with E-state index < -0.39 is 0 Å². The van der Waals surface area contributed by atoms with Crippen LogP contribution in [0.1, 0.15) is 44.2 Å². The predicted octanol–water partition coefficient (Wildman–Crippen LogP) is 2.25. The zero-order chi connectivity index (χ0) is 13.7. The number of carbonyl (C=O) groups is 1. The van der Waals surface area contributed by atoms with Gasteiger partial charge in [-0.05, 0) is 62.3 Å². The molecule has 0 unspecified atom stereocenters. The van der Waals surface area contributed by atoms with Crippen molar-refractivity contribution in [1.82, 2.24) is 15.1 Å². The molecule has 4 heteroatoms. The topological polar surface area (TPSA) is 46.9 Å². The summed E-state index contributed by atoms with van der Waals surface area (Å²) < 4.78 is 1.83. The van der Waals surface area contributed by atoms with E-state index in [-0.39, 0.29) is 5.41 Å². The van der Waals surface area contributed by atoms with E-state index in [4.69, 9.17) is 0 Å². The lowest BCUT2D eigenvalue weighted by Crippen LogP contribution is -2.53. The summed E-state index contributed by atoms with van der Waals surface area (Å²) in [6.45, 7) is 0.608. The number of hydrogen-bond acceptors (Lipinski definition) is 2. The fourth-order valence-electron chi connectivity index (χ4n) is 5.32. The normalized spacial score (nSPS) is 38.1. The lowest BCUT2D eigenvalue weighted by molar-refractivity contribution is -0.146. The van der Waals surface area contributed by atoms with Crippen molar-refractivity contribution in [2.75, 3.05) is 0 Å². The number of nitrogens with one attached hydrogen (secondary N) is 1. The maximum absolute atomic E-state index is 12.8. The highest BCUT2D eigenvalue weighted by atomic mass is 16.2. The monoisotopic (exact) mass is 273 g/mol. The molecule has 4 fully saturated rings. The van der Waals surface area contributed by atoms with Gasteiger partial charge in [0, 0.05) is 18.7 Å². The third kappa shape index (κ3) is 1.88. The van der Waals surface area contributed by atoms with Crippen molar-refractivity contribution in [3.05, 3.63) is 18.0 Å². The third-order valence-electron chi connectivity index (χ3n) is 5.87. The molecule has 4 bridgehead atoms. The first kappa shape index (κ1) is 12.4. The number of nitrogens with zero attached hydrogens (tertiary/aromatic N) is 2. The van der Waals surface area contributed by atoms with E-state index in [0.717, 1.165) is 42.7 Å². The van der Waals surface area contributed by atoms with Crippen LogP contribution in [0.25, 0.3) is 0 Å². The third-order valence-corrected chi connectivity index (χ3v) is 5.87. The van der Waals surface area contributed by atoms with E-state index in [1.807, 2.05) is 17.8 Å². The van der Waals surface area contributed by atoms with E-state index in [0.29, 0.717) is 12.5 Å². The van der Waals surface area contributed by atoms with Crippen molar-refractivity contribution in [3.63, 3.8) is 0 Å². The van der Waals surface area contributed by atoms with Crippen molar-refractivity contribution < 1.29 is 4.79 Å². The van der Waals surface area contributed by atoms with Gasteiger partial charge in [0.1, 0.15) is 0 Å². The average molecular weight is 273 g/mol. The second-order valence-corrected chi connectivity index (χ2v) is 7.33. The standard InChI is InChI=1S/C16H23N3O/c1-19-14(2-3-18-19)10-17-15(20)16-7-11-4-12(8-16)6-13(5-11)9-16/h2-3,11-13H,4-10H2,1H3,(H,17,20). The molecule has 1 amide bonds. The Morgan fingerprint density at radius 2 is 1.90 bits per heavy atom. The average Bonchev–Trinajstić information content (AvgIpc) is 2.80. The van der Waals surface area contributed by atoms with Gasteiger partial charge in [0.25, 0.3) is 0 Å². The van der Waals surface area contributed by atoms with Gasteiger partial charge < -0.3 is 5.32 Å². The summed E-state index contributed by atoms with van der Waals surface area (Å²) in [7, 11) is 1.92. The van der Waals surface area contributed by atoms with Gasteiger partial charge in [0.15, 0.2) is 0 Å². The highest BCUT2D eigenvalue weighted by Crippen LogP contribution is 2.60. The van der Waals surface area contributed by atoms with Crippen molar-refractivity contribution >= 4 is 5.91 Å². The smallest absolute Gasteiger partial charge is 0.226 e. The molecule has 0 aliphatic heterocycles. The van der Waals surface area contributed by atoms with Crippen LogP contribution in [0.4, 0.5) is 0 Å². The Morgan fingerprint density at radius 3 is 2.40 bits per heavy atom. The Kier molecular flexibility index (Phi) is 2.69. The van der Waals surface area contributed by atoms with Gasteiger partial charge in [-0.3, -0.25) is 9.48 Å². The molecular formula is C16H23N3O. The highest BCUT2D eigenvalue weighted by molar-refractivity contribution is 5.83. The van der Waals surface area contributed by atoms with Crippen LogP contribution >= 0.6 is 0 Å². The molecule has 108 valence electrons. The molecule has 0 atom stereocenters. The van der Waals surface area contributed by atoms with E-state index in [1.54, 1.807) is 6.20 Å². The lowest BCUT2D eigenvalue weighted by Gasteiger charge is -2.55. The molecule has 4 saturated carbocycles.